The Kier molecular flexibility index (Phi) is 9.56. The van der Waals surface area contributed by atoms with E-state index in [4.69, 9.17) is 19.4 Å². The lowest BCUT2D eigenvalue weighted by Gasteiger charge is -2.34. The molecule has 7 rings (SSSR count). The number of likely N-dealkylation sites (tertiary alicyclic amines) is 1. The van der Waals surface area contributed by atoms with Gasteiger partial charge in [-0.05, 0) is 50.4 Å². The normalized spacial score (nSPS) is 20.7. The third-order valence-corrected chi connectivity index (χ3v) is 9.76. The molecule has 0 spiro atoms. The van der Waals surface area contributed by atoms with E-state index >= 15 is 0 Å². The van der Waals surface area contributed by atoms with Gasteiger partial charge in [0.2, 0.25) is 0 Å². The number of nitrogens with zero attached hydrogens (tertiary/aromatic N) is 7. The van der Waals surface area contributed by atoms with E-state index in [1.165, 1.54) is 22.0 Å². The molecule has 47 heavy (non-hydrogen) atoms. The Morgan fingerprint density at radius 2 is 1.89 bits per heavy atom. The highest BCUT2D eigenvalue weighted by Gasteiger charge is 2.28. The summed E-state index contributed by atoms with van der Waals surface area (Å²) >= 11 is 0. The molecule has 0 unspecified atom stereocenters. The summed E-state index contributed by atoms with van der Waals surface area (Å²) in [7, 11) is 2.16. The number of carbonyl (C=O) groups excluding carboxylic acids is 1. The van der Waals surface area contributed by atoms with Crippen LogP contribution >= 0.6 is 0 Å². The molecule has 0 aliphatic carbocycles. The van der Waals surface area contributed by atoms with Gasteiger partial charge in [-0.25, -0.2) is 0 Å². The molecular formula is C37H45N7O3. The van der Waals surface area contributed by atoms with E-state index in [1.54, 1.807) is 11.0 Å². The number of anilines is 2. The number of hydrogen-bond donors (Lipinski definition) is 0. The summed E-state index contributed by atoms with van der Waals surface area (Å²) in [6, 6.07) is 16.6. The number of morpholine rings is 1. The maximum absolute atomic E-state index is 13.1. The zero-order valence-electron chi connectivity index (χ0n) is 27.7. The monoisotopic (exact) mass is 635 g/mol. The number of fused-ring (bicyclic) bond motifs is 2. The Morgan fingerprint density at radius 1 is 1.04 bits per heavy atom. The predicted octanol–water partition coefficient (Wildman–Crippen LogP) is 3.33. The standard InChI is InChI=1S/C37H45N7O3/c1-28-7-3-8-30-9-4-10-33(35(28)30)44-18-13-31-32(26-44)38-37(47-27-29-12-17-40(2)25-29)39-36(31)43-16-6-15-42(19-20-43)34(45)11-5-14-41-21-23-46-24-22-41/h3-5,7-11,29H,12-14,16-27H2,1-2H3/b11-5+/t29-/m1/s1. The minimum absolute atomic E-state index is 0.0797. The lowest BCUT2D eigenvalue weighted by molar-refractivity contribution is -0.122. The van der Waals surface area contributed by atoms with E-state index in [0.717, 1.165) is 82.4 Å². The van der Waals surface area contributed by atoms with E-state index in [-0.39, 0.29) is 5.91 Å². The van der Waals surface area contributed by atoms with Crippen LogP contribution in [0.5, 0.6) is 6.01 Å². The van der Waals surface area contributed by atoms with Gasteiger partial charge in [0, 0.05) is 73.9 Å². The summed E-state index contributed by atoms with van der Waals surface area (Å²) in [5, 5.41) is 2.54. The molecule has 0 radical (unpaired) electrons. The maximum Gasteiger partial charge on any atom is 0.318 e. The fourth-order valence-corrected chi connectivity index (χ4v) is 7.15. The number of carbonyl (C=O) groups is 1. The van der Waals surface area contributed by atoms with E-state index in [9.17, 15) is 4.79 Å². The highest BCUT2D eigenvalue weighted by Crippen LogP contribution is 2.35. The third-order valence-electron chi connectivity index (χ3n) is 9.76. The molecule has 0 N–H and O–H groups in total. The van der Waals surface area contributed by atoms with E-state index in [2.05, 4.69) is 81.9 Å². The first kappa shape index (κ1) is 31.4. The number of hydrogen-bond acceptors (Lipinski definition) is 9. The van der Waals surface area contributed by atoms with Crippen molar-refractivity contribution in [3.05, 3.63) is 65.4 Å². The second-order valence-corrected chi connectivity index (χ2v) is 13.1. The van der Waals surface area contributed by atoms with Crippen LogP contribution in [0.2, 0.25) is 0 Å². The van der Waals surface area contributed by atoms with Crippen LogP contribution in [0.25, 0.3) is 10.8 Å². The maximum atomic E-state index is 13.1. The molecule has 5 heterocycles. The van der Waals surface area contributed by atoms with Crippen molar-refractivity contribution in [1.29, 1.82) is 0 Å². The molecule has 246 valence electrons. The quantitative estimate of drug-likeness (QED) is 0.274. The van der Waals surface area contributed by atoms with Gasteiger partial charge in [-0.15, -0.1) is 0 Å². The van der Waals surface area contributed by atoms with Crippen LogP contribution in [0.15, 0.2) is 48.6 Å². The van der Waals surface area contributed by atoms with Crippen molar-refractivity contribution in [1.82, 2.24) is 24.7 Å². The average Bonchev–Trinajstić information content (AvgIpc) is 3.36. The summed E-state index contributed by atoms with van der Waals surface area (Å²) in [5.41, 5.74) is 4.66. The first-order chi connectivity index (χ1) is 23.0. The summed E-state index contributed by atoms with van der Waals surface area (Å²) in [6.45, 7) is 12.1. The Morgan fingerprint density at radius 3 is 2.72 bits per heavy atom. The van der Waals surface area contributed by atoms with Gasteiger partial charge in [0.15, 0.2) is 0 Å². The average molecular weight is 636 g/mol. The van der Waals surface area contributed by atoms with Gasteiger partial charge >= 0.3 is 6.01 Å². The second kappa shape index (κ2) is 14.3. The van der Waals surface area contributed by atoms with Gasteiger partial charge in [-0.1, -0.05) is 42.3 Å². The van der Waals surface area contributed by atoms with Gasteiger partial charge in [0.1, 0.15) is 5.82 Å². The molecule has 3 aromatic rings. The van der Waals surface area contributed by atoms with Gasteiger partial charge < -0.3 is 24.2 Å². The molecule has 10 heteroatoms. The molecule has 1 atom stereocenters. The molecular weight excluding hydrogens is 590 g/mol. The zero-order chi connectivity index (χ0) is 32.2. The molecule has 0 bridgehead atoms. The van der Waals surface area contributed by atoms with Gasteiger partial charge in [0.05, 0.1) is 45.1 Å². The van der Waals surface area contributed by atoms with Crippen LogP contribution in [0, 0.1) is 24.8 Å². The molecule has 2 saturated heterocycles. The van der Waals surface area contributed by atoms with Crippen molar-refractivity contribution >= 4 is 28.2 Å². The van der Waals surface area contributed by atoms with E-state index in [0.29, 0.717) is 44.7 Å². The number of aryl methyl sites for hydroxylation is 1. The van der Waals surface area contributed by atoms with Crippen LogP contribution in [0.3, 0.4) is 0 Å². The molecule has 10 nitrogen and oxygen atoms in total. The fourth-order valence-electron chi connectivity index (χ4n) is 7.15. The SMILES string of the molecule is Cc1cccc2cccc(N3CCc4c(nc(OC[C@@H]5CCN(C)C5)nc4N4CC#CN(C(=O)/C=C/CN5CCOCC5)CC4)C3)c12. The largest absolute Gasteiger partial charge is 0.463 e. The van der Waals surface area contributed by atoms with Crippen molar-refractivity contribution in [2.24, 2.45) is 5.92 Å². The van der Waals surface area contributed by atoms with Gasteiger partial charge in [0.25, 0.3) is 5.91 Å². The van der Waals surface area contributed by atoms with Crippen molar-refractivity contribution in [2.45, 2.75) is 26.3 Å². The van der Waals surface area contributed by atoms with Crippen molar-refractivity contribution in [3.63, 3.8) is 0 Å². The number of benzene rings is 2. The minimum atomic E-state index is -0.0797. The highest BCUT2D eigenvalue weighted by molar-refractivity contribution is 5.97. The summed E-state index contributed by atoms with van der Waals surface area (Å²) in [4.78, 5) is 34.0. The van der Waals surface area contributed by atoms with Crippen LogP contribution in [-0.4, -0.2) is 116 Å². The lowest BCUT2D eigenvalue weighted by atomic mass is 10.00. The number of aromatic nitrogens is 2. The first-order valence-electron chi connectivity index (χ1n) is 17.0. The smallest absolute Gasteiger partial charge is 0.318 e. The summed E-state index contributed by atoms with van der Waals surface area (Å²) in [6.07, 6.45) is 5.53. The zero-order valence-corrected chi connectivity index (χ0v) is 27.7. The molecule has 2 aromatic carbocycles. The molecule has 4 aliphatic rings. The van der Waals surface area contributed by atoms with E-state index < -0.39 is 0 Å². The Hall–Kier alpha value is -4.17. The number of amides is 1. The second-order valence-electron chi connectivity index (χ2n) is 13.1. The number of ether oxygens (including phenoxy) is 2. The first-order valence-corrected chi connectivity index (χ1v) is 17.0. The lowest BCUT2D eigenvalue weighted by Crippen LogP contribution is -2.37. The van der Waals surface area contributed by atoms with E-state index in [1.807, 2.05) is 6.08 Å². The topological polar surface area (TPSA) is 77.5 Å². The van der Waals surface area contributed by atoms with Crippen molar-refractivity contribution in [2.75, 3.05) is 95.6 Å². The van der Waals surface area contributed by atoms with Crippen molar-refractivity contribution < 1.29 is 14.3 Å². The number of rotatable bonds is 8. The summed E-state index contributed by atoms with van der Waals surface area (Å²) < 4.78 is 11.8. The third kappa shape index (κ3) is 7.23. The van der Waals surface area contributed by atoms with Gasteiger partial charge in [-0.2, -0.15) is 9.97 Å². The summed E-state index contributed by atoms with van der Waals surface area (Å²) in [5.74, 6) is 4.51. The fraction of sp³-hybridized carbons (Fsp3) is 0.486. The highest BCUT2D eigenvalue weighted by atomic mass is 16.5. The Labute approximate surface area is 277 Å². The van der Waals surface area contributed by atoms with Crippen LogP contribution < -0.4 is 14.5 Å². The van der Waals surface area contributed by atoms with Crippen LogP contribution in [-0.2, 0) is 22.5 Å². The van der Waals surface area contributed by atoms with Crippen LogP contribution in [0.1, 0.15) is 23.2 Å². The van der Waals surface area contributed by atoms with Gasteiger partial charge in [-0.3, -0.25) is 14.6 Å². The minimum Gasteiger partial charge on any atom is -0.463 e. The Balaban J connectivity index is 1.11. The molecule has 1 aromatic heterocycles. The van der Waals surface area contributed by atoms with Crippen molar-refractivity contribution in [3.8, 4) is 18.0 Å². The molecule has 4 aliphatic heterocycles. The Bertz CT molecular complexity index is 1690. The molecule has 1 amide bonds. The molecule has 2 fully saturated rings. The predicted molar refractivity (Wildman–Crippen MR) is 185 cm³/mol. The molecule has 0 saturated carbocycles. The van der Waals surface area contributed by atoms with Crippen LogP contribution in [0.4, 0.5) is 11.5 Å².